The van der Waals surface area contributed by atoms with Crippen LogP contribution in [-0.2, 0) is 13.6 Å². The summed E-state index contributed by atoms with van der Waals surface area (Å²) in [5.74, 6) is 0.505. The van der Waals surface area contributed by atoms with E-state index >= 15 is 0 Å². The van der Waals surface area contributed by atoms with Crippen LogP contribution in [0.3, 0.4) is 0 Å². The Morgan fingerprint density at radius 1 is 1.23 bits per heavy atom. The van der Waals surface area contributed by atoms with Crippen molar-refractivity contribution in [2.75, 3.05) is 26.1 Å². The van der Waals surface area contributed by atoms with Crippen LogP contribution >= 0.6 is 19.7 Å². The summed E-state index contributed by atoms with van der Waals surface area (Å²) >= 11 is 1.10. The molecule has 2 rings (SSSR count). The van der Waals surface area contributed by atoms with Gasteiger partial charge >= 0.3 is 13.8 Å². The minimum atomic E-state index is -3.38. The van der Waals surface area contributed by atoms with Crippen molar-refractivity contribution in [2.45, 2.75) is 13.8 Å². The quantitative estimate of drug-likeness (QED) is 0.384. The van der Waals surface area contributed by atoms with Crippen molar-refractivity contribution in [1.82, 2.24) is 14.4 Å². The molecule has 0 saturated carbocycles. The van der Waals surface area contributed by atoms with Gasteiger partial charge in [-0.3, -0.25) is 14.0 Å². The van der Waals surface area contributed by atoms with Crippen LogP contribution in [-0.4, -0.2) is 41.3 Å². The highest BCUT2D eigenvalue weighted by Gasteiger charge is 2.30. The van der Waals surface area contributed by atoms with Crippen molar-refractivity contribution in [3.63, 3.8) is 0 Å². The largest absolute Gasteiger partial charge is 0.417 e. The van der Waals surface area contributed by atoms with Gasteiger partial charge in [0.15, 0.2) is 5.75 Å². The standard InChI is InChI=1S/C16H22N3O5PS/c1-4-22-25(21,23-5-2)19(3)26-12-18-16(20)24-14-10-6-8-13-9-7-11-17-15(13)14/h6-11H,4-5,12H2,1-3H3,(H,18,20). The molecule has 1 aromatic heterocycles. The van der Waals surface area contributed by atoms with Gasteiger partial charge in [-0.2, -0.15) is 4.08 Å². The van der Waals surface area contributed by atoms with E-state index in [0.29, 0.717) is 11.3 Å². The first kappa shape index (κ1) is 20.7. The number of hydrogen-bond donors (Lipinski definition) is 1. The fraction of sp³-hybridized carbons (Fsp3) is 0.375. The smallest absolute Gasteiger partial charge is 0.408 e. The van der Waals surface area contributed by atoms with Crippen LogP contribution in [0.5, 0.6) is 5.75 Å². The summed E-state index contributed by atoms with van der Waals surface area (Å²) in [4.78, 5) is 16.2. The second-order valence-electron chi connectivity index (χ2n) is 4.94. The molecule has 0 saturated heterocycles. The Morgan fingerprint density at radius 2 is 1.92 bits per heavy atom. The Kier molecular flexibility index (Phi) is 7.86. The first-order valence-corrected chi connectivity index (χ1v) is 10.5. The summed E-state index contributed by atoms with van der Waals surface area (Å²) in [5.41, 5.74) is 0.604. The highest BCUT2D eigenvalue weighted by Crippen LogP contribution is 2.54. The third kappa shape index (κ3) is 5.43. The minimum absolute atomic E-state index is 0.137. The van der Waals surface area contributed by atoms with Crippen molar-refractivity contribution in [3.05, 3.63) is 36.5 Å². The monoisotopic (exact) mass is 399 g/mol. The van der Waals surface area contributed by atoms with E-state index in [4.69, 9.17) is 13.8 Å². The zero-order valence-electron chi connectivity index (χ0n) is 14.9. The number of rotatable bonds is 9. The molecule has 0 unspecified atom stereocenters. The lowest BCUT2D eigenvalue weighted by molar-refractivity contribution is 0.197. The van der Waals surface area contributed by atoms with Crippen LogP contribution in [0.4, 0.5) is 4.79 Å². The van der Waals surface area contributed by atoms with E-state index < -0.39 is 13.8 Å². The second-order valence-corrected chi connectivity index (χ2v) is 8.36. The Labute approximate surface area is 156 Å². The lowest BCUT2D eigenvalue weighted by atomic mass is 10.2. The second kappa shape index (κ2) is 9.89. The molecule has 142 valence electrons. The lowest BCUT2D eigenvalue weighted by Gasteiger charge is -2.24. The third-order valence-corrected chi connectivity index (χ3v) is 6.65. The number of para-hydroxylation sites is 1. The zero-order valence-corrected chi connectivity index (χ0v) is 16.6. The van der Waals surface area contributed by atoms with E-state index in [1.807, 2.05) is 18.2 Å². The van der Waals surface area contributed by atoms with Gasteiger partial charge in [0.25, 0.3) is 0 Å². The van der Waals surface area contributed by atoms with Gasteiger partial charge < -0.3 is 10.1 Å². The van der Waals surface area contributed by atoms with Crippen molar-refractivity contribution >= 4 is 36.7 Å². The number of pyridine rings is 1. The van der Waals surface area contributed by atoms with Crippen LogP contribution in [0.2, 0.25) is 0 Å². The number of nitrogens with one attached hydrogen (secondary N) is 1. The van der Waals surface area contributed by atoms with Crippen LogP contribution in [0.1, 0.15) is 13.8 Å². The molecule has 10 heteroatoms. The Balaban J connectivity index is 1.89. The van der Waals surface area contributed by atoms with Gasteiger partial charge in [-0.1, -0.05) is 18.2 Å². The van der Waals surface area contributed by atoms with Crippen molar-refractivity contribution < 1.29 is 23.1 Å². The van der Waals surface area contributed by atoms with Crippen LogP contribution in [0.15, 0.2) is 36.5 Å². The van der Waals surface area contributed by atoms with E-state index in [1.54, 1.807) is 39.2 Å². The average molecular weight is 399 g/mol. The van der Waals surface area contributed by atoms with Crippen LogP contribution in [0.25, 0.3) is 10.9 Å². The number of amides is 1. The van der Waals surface area contributed by atoms with E-state index in [9.17, 15) is 9.36 Å². The van der Waals surface area contributed by atoms with E-state index in [2.05, 4.69) is 10.3 Å². The van der Waals surface area contributed by atoms with Crippen molar-refractivity contribution in [2.24, 2.45) is 0 Å². The molecule has 0 spiro atoms. The topological polar surface area (TPSA) is 90.0 Å². The highest BCUT2D eigenvalue weighted by atomic mass is 32.2. The Hall–Kier alpha value is -1.64. The van der Waals surface area contributed by atoms with Crippen molar-refractivity contribution in [3.8, 4) is 5.75 Å². The molecule has 8 nitrogen and oxygen atoms in total. The number of hydrogen-bond acceptors (Lipinski definition) is 7. The highest BCUT2D eigenvalue weighted by molar-refractivity contribution is 8.01. The van der Waals surface area contributed by atoms with Crippen LogP contribution < -0.4 is 10.1 Å². The maximum absolute atomic E-state index is 12.5. The Bertz CT molecular complexity index is 776. The average Bonchev–Trinajstić information content (AvgIpc) is 2.62. The first-order valence-electron chi connectivity index (χ1n) is 8.05. The molecule has 26 heavy (non-hydrogen) atoms. The summed E-state index contributed by atoms with van der Waals surface area (Å²) in [6.07, 6.45) is 1.00. The molecule has 0 aliphatic rings. The fourth-order valence-electron chi connectivity index (χ4n) is 2.08. The SMILES string of the molecule is CCOP(=O)(OCC)N(C)SCNC(=O)Oc1cccc2cccnc12. The molecular weight excluding hydrogens is 377 g/mol. The molecule has 0 aliphatic heterocycles. The molecule has 2 aromatic rings. The first-order chi connectivity index (χ1) is 12.5. The molecule has 1 aromatic carbocycles. The predicted molar refractivity (Wildman–Crippen MR) is 102 cm³/mol. The number of nitrogens with zero attached hydrogens (tertiary/aromatic N) is 2. The predicted octanol–water partition coefficient (Wildman–Crippen LogP) is 4.04. The number of aromatic nitrogens is 1. The number of carbonyl (C=O) groups is 1. The summed E-state index contributed by atoms with van der Waals surface area (Å²) in [7, 11) is -1.79. The molecule has 0 atom stereocenters. The molecule has 1 N–H and O–H groups in total. The van der Waals surface area contributed by atoms with Gasteiger partial charge in [0.05, 0.1) is 19.1 Å². The maximum Gasteiger partial charge on any atom is 0.417 e. The maximum atomic E-state index is 12.5. The zero-order chi connectivity index (χ0) is 19.0. The normalized spacial score (nSPS) is 11.7. The summed E-state index contributed by atoms with van der Waals surface area (Å²) in [5, 5.41) is 3.46. The van der Waals surface area contributed by atoms with Gasteiger partial charge in [-0.15, -0.1) is 0 Å². The van der Waals surface area contributed by atoms with Gasteiger partial charge in [0.1, 0.15) is 5.52 Å². The van der Waals surface area contributed by atoms with E-state index in [1.165, 1.54) is 4.08 Å². The van der Waals surface area contributed by atoms with Gasteiger partial charge in [-0.25, -0.2) is 9.36 Å². The number of fused-ring (bicyclic) bond motifs is 1. The van der Waals surface area contributed by atoms with Gasteiger partial charge in [0.2, 0.25) is 0 Å². The minimum Gasteiger partial charge on any atom is -0.408 e. The third-order valence-electron chi connectivity index (χ3n) is 3.20. The number of ether oxygens (including phenoxy) is 1. The molecular formula is C16H22N3O5PS. The van der Waals surface area contributed by atoms with Gasteiger partial charge in [0, 0.05) is 18.6 Å². The molecule has 1 amide bonds. The van der Waals surface area contributed by atoms with Crippen molar-refractivity contribution in [1.29, 1.82) is 0 Å². The number of benzene rings is 1. The molecule has 0 bridgehead atoms. The van der Waals surface area contributed by atoms with E-state index in [0.717, 1.165) is 17.3 Å². The van der Waals surface area contributed by atoms with Crippen LogP contribution in [0, 0.1) is 0 Å². The molecule has 1 heterocycles. The molecule has 0 radical (unpaired) electrons. The summed E-state index contributed by atoms with van der Waals surface area (Å²) in [6.45, 7) is 3.98. The lowest BCUT2D eigenvalue weighted by Crippen LogP contribution is -2.28. The fourth-order valence-corrected chi connectivity index (χ4v) is 4.52. The number of carbonyl (C=O) groups excluding carboxylic acids is 1. The summed E-state index contributed by atoms with van der Waals surface area (Å²) < 4.78 is 29.7. The summed E-state index contributed by atoms with van der Waals surface area (Å²) in [6, 6.07) is 9.05. The van der Waals surface area contributed by atoms with Gasteiger partial charge in [-0.05, 0) is 37.9 Å². The Morgan fingerprint density at radius 3 is 2.62 bits per heavy atom. The molecule has 0 fully saturated rings. The van der Waals surface area contributed by atoms with E-state index in [-0.39, 0.29) is 19.1 Å². The molecule has 0 aliphatic carbocycles.